The lowest BCUT2D eigenvalue weighted by atomic mass is 9.65. The van der Waals surface area contributed by atoms with Crippen molar-refractivity contribution in [3.8, 4) is 0 Å². The minimum Gasteiger partial charge on any atom is -0.481 e. The third-order valence-corrected chi connectivity index (χ3v) is 5.75. The number of carbonyl (C=O) groups is 2. The Labute approximate surface area is 139 Å². The monoisotopic (exact) mass is 343 g/mol. The maximum absolute atomic E-state index is 12.6. The molecule has 0 aliphatic heterocycles. The van der Waals surface area contributed by atoms with Gasteiger partial charge in [-0.25, -0.2) is 0 Å². The van der Waals surface area contributed by atoms with Crippen LogP contribution in [0.3, 0.4) is 0 Å². The number of rotatable bonds is 3. The van der Waals surface area contributed by atoms with Crippen molar-refractivity contribution in [3.05, 3.63) is 28.2 Å². The van der Waals surface area contributed by atoms with Crippen molar-refractivity contribution in [2.75, 3.05) is 5.32 Å². The molecule has 4 nitrogen and oxygen atoms in total. The van der Waals surface area contributed by atoms with E-state index in [1.165, 1.54) is 0 Å². The van der Waals surface area contributed by atoms with Crippen LogP contribution in [0.1, 0.15) is 33.6 Å². The molecule has 2 atom stereocenters. The number of hydrogen-bond acceptors (Lipinski definition) is 2. The van der Waals surface area contributed by atoms with E-state index in [0.29, 0.717) is 28.6 Å². The van der Waals surface area contributed by atoms with Crippen LogP contribution in [0.25, 0.3) is 0 Å². The van der Waals surface area contributed by atoms with Gasteiger partial charge in [-0.2, -0.15) is 0 Å². The number of hydrogen-bond donors (Lipinski definition) is 2. The van der Waals surface area contributed by atoms with Gasteiger partial charge in [-0.15, -0.1) is 0 Å². The standard InChI is InChI=1S/C16H19Cl2NO3/c1-15(2)10(6-7-16(15,3)14(21)22)13(20)19-12-5-4-9(17)8-11(12)18/h4-5,8,10H,6-7H2,1-3H3,(H,19,20)(H,21,22)/t10-,16-/m1/s1. The average Bonchev–Trinajstić information content (AvgIpc) is 2.65. The van der Waals surface area contributed by atoms with Crippen LogP contribution in [0, 0.1) is 16.7 Å². The van der Waals surface area contributed by atoms with E-state index < -0.39 is 16.8 Å². The Morgan fingerprint density at radius 3 is 2.41 bits per heavy atom. The summed E-state index contributed by atoms with van der Waals surface area (Å²) < 4.78 is 0. The molecule has 1 aromatic rings. The summed E-state index contributed by atoms with van der Waals surface area (Å²) in [6.07, 6.45) is 1.01. The molecule has 0 spiro atoms. The largest absolute Gasteiger partial charge is 0.481 e. The second kappa shape index (κ2) is 5.74. The van der Waals surface area contributed by atoms with Crippen LogP contribution in [0.2, 0.25) is 10.0 Å². The fourth-order valence-corrected chi connectivity index (χ4v) is 3.61. The number of halogens is 2. The topological polar surface area (TPSA) is 66.4 Å². The van der Waals surface area contributed by atoms with Gasteiger partial charge in [0.05, 0.1) is 16.1 Å². The second-order valence-corrected chi connectivity index (χ2v) is 7.41. The summed E-state index contributed by atoms with van der Waals surface area (Å²) in [5.74, 6) is -1.46. The fourth-order valence-electron chi connectivity index (χ4n) is 3.15. The summed E-state index contributed by atoms with van der Waals surface area (Å²) in [7, 11) is 0. The zero-order valence-electron chi connectivity index (χ0n) is 12.7. The average molecular weight is 344 g/mol. The molecule has 1 aliphatic rings. The van der Waals surface area contributed by atoms with Gasteiger partial charge >= 0.3 is 5.97 Å². The van der Waals surface area contributed by atoms with Gasteiger partial charge in [0.25, 0.3) is 0 Å². The second-order valence-electron chi connectivity index (χ2n) is 6.56. The van der Waals surface area contributed by atoms with Crippen molar-refractivity contribution in [3.63, 3.8) is 0 Å². The van der Waals surface area contributed by atoms with Crippen LogP contribution >= 0.6 is 23.2 Å². The number of amides is 1. The molecule has 1 aromatic carbocycles. The summed E-state index contributed by atoms with van der Waals surface area (Å²) in [5.41, 5.74) is -1.09. The molecule has 0 saturated heterocycles. The molecule has 1 aliphatic carbocycles. The van der Waals surface area contributed by atoms with Crippen LogP contribution in [-0.2, 0) is 9.59 Å². The third kappa shape index (κ3) is 2.70. The summed E-state index contributed by atoms with van der Waals surface area (Å²) in [4.78, 5) is 24.2. The zero-order chi connectivity index (χ0) is 16.7. The number of carbonyl (C=O) groups excluding carboxylic acids is 1. The highest BCUT2D eigenvalue weighted by atomic mass is 35.5. The first-order chi connectivity index (χ1) is 10.1. The SMILES string of the molecule is CC1(C)[C@@H](C(=O)Nc2ccc(Cl)cc2Cl)CC[C@]1(C)C(=O)O. The number of nitrogens with one attached hydrogen (secondary N) is 1. The highest BCUT2D eigenvalue weighted by molar-refractivity contribution is 6.36. The lowest BCUT2D eigenvalue weighted by Crippen LogP contribution is -2.43. The van der Waals surface area contributed by atoms with Gasteiger partial charge in [-0.3, -0.25) is 9.59 Å². The Balaban J connectivity index is 2.22. The van der Waals surface area contributed by atoms with Crippen molar-refractivity contribution >= 4 is 40.8 Å². The van der Waals surface area contributed by atoms with E-state index in [1.54, 1.807) is 25.1 Å². The normalized spacial score (nSPS) is 26.7. The highest BCUT2D eigenvalue weighted by Gasteiger charge is 2.58. The van der Waals surface area contributed by atoms with Gasteiger partial charge < -0.3 is 10.4 Å². The summed E-state index contributed by atoms with van der Waals surface area (Å²) in [5, 5.41) is 13.1. The van der Waals surface area contributed by atoms with E-state index in [-0.39, 0.29) is 11.8 Å². The van der Waals surface area contributed by atoms with Gasteiger partial charge in [0.15, 0.2) is 0 Å². The van der Waals surface area contributed by atoms with Crippen molar-refractivity contribution in [2.45, 2.75) is 33.6 Å². The first kappa shape index (κ1) is 17.1. The molecule has 0 heterocycles. The van der Waals surface area contributed by atoms with Crippen molar-refractivity contribution < 1.29 is 14.7 Å². The molecule has 6 heteroatoms. The zero-order valence-corrected chi connectivity index (χ0v) is 14.3. The van der Waals surface area contributed by atoms with E-state index in [4.69, 9.17) is 23.2 Å². The number of benzene rings is 1. The molecule has 0 bridgehead atoms. The minimum absolute atomic E-state index is 0.209. The Kier molecular flexibility index (Phi) is 4.46. The molecular weight excluding hydrogens is 325 g/mol. The van der Waals surface area contributed by atoms with Crippen LogP contribution in [0.15, 0.2) is 18.2 Å². The third-order valence-electron chi connectivity index (χ3n) is 5.20. The predicted octanol–water partition coefficient (Wildman–Crippen LogP) is 4.46. The van der Waals surface area contributed by atoms with E-state index in [2.05, 4.69) is 5.32 Å². The van der Waals surface area contributed by atoms with Crippen molar-refractivity contribution in [1.82, 2.24) is 0 Å². The van der Waals surface area contributed by atoms with Gasteiger partial charge in [0.1, 0.15) is 0 Å². The van der Waals surface area contributed by atoms with E-state index >= 15 is 0 Å². The Hall–Kier alpha value is -1.26. The molecule has 22 heavy (non-hydrogen) atoms. The lowest BCUT2D eigenvalue weighted by molar-refractivity contribution is -0.154. The van der Waals surface area contributed by atoms with E-state index in [1.807, 2.05) is 13.8 Å². The first-order valence-electron chi connectivity index (χ1n) is 7.09. The van der Waals surface area contributed by atoms with Crippen molar-refractivity contribution in [1.29, 1.82) is 0 Å². The molecule has 0 unspecified atom stereocenters. The van der Waals surface area contributed by atoms with Crippen LogP contribution in [-0.4, -0.2) is 17.0 Å². The summed E-state index contributed by atoms with van der Waals surface area (Å²) >= 11 is 11.9. The number of aliphatic carboxylic acids is 1. The van der Waals surface area contributed by atoms with Gasteiger partial charge in [-0.1, -0.05) is 37.0 Å². The van der Waals surface area contributed by atoms with Crippen LogP contribution < -0.4 is 5.32 Å². The number of carboxylic acid groups (broad SMARTS) is 1. The number of anilines is 1. The first-order valence-corrected chi connectivity index (χ1v) is 7.84. The minimum atomic E-state index is -0.918. The predicted molar refractivity (Wildman–Crippen MR) is 87.3 cm³/mol. The quantitative estimate of drug-likeness (QED) is 0.851. The maximum atomic E-state index is 12.6. The molecule has 1 fully saturated rings. The maximum Gasteiger partial charge on any atom is 0.309 e. The highest BCUT2D eigenvalue weighted by Crippen LogP contribution is 2.56. The molecule has 120 valence electrons. The van der Waals surface area contributed by atoms with Gasteiger partial charge in [-0.05, 0) is 43.4 Å². The van der Waals surface area contributed by atoms with E-state index in [9.17, 15) is 14.7 Å². The Morgan fingerprint density at radius 2 is 1.91 bits per heavy atom. The molecule has 0 aromatic heterocycles. The molecule has 0 radical (unpaired) electrons. The van der Waals surface area contributed by atoms with Crippen LogP contribution in [0.5, 0.6) is 0 Å². The Morgan fingerprint density at radius 1 is 1.27 bits per heavy atom. The molecule has 2 N–H and O–H groups in total. The molecular formula is C16H19Cl2NO3. The van der Waals surface area contributed by atoms with Crippen LogP contribution in [0.4, 0.5) is 5.69 Å². The van der Waals surface area contributed by atoms with Crippen molar-refractivity contribution in [2.24, 2.45) is 16.7 Å². The van der Waals surface area contributed by atoms with E-state index in [0.717, 1.165) is 0 Å². The number of carboxylic acids is 1. The van der Waals surface area contributed by atoms with Gasteiger partial charge in [0.2, 0.25) is 5.91 Å². The summed E-state index contributed by atoms with van der Waals surface area (Å²) in [6.45, 7) is 5.38. The fraction of sp³-hybridized carbons (Fsp3) is 0.500. The molecule has 2 rings (SSSR count). The molecule has 1 saturated carbocycles. The lowest BCUT2D eigenvalue weighted by Gasteiger charge is -2.37. The molecule has 1 amide bonds. The van der Waals surface area contributed by atoms with Gasteiger partial charge in [0, 0.05) is 10.9 Å². The summed E-state index contributed by atoms with van der Waals surface area (Å²) in [6, 6.07) is 4.84. The Bertz CT molecular complexity index is 630. The smallest absolute Gasteiger partial charge is 0.309 e.